The summed E-state index contributed by atoms with van der Waals surface area (Å²) in [5, 5.41) is 8.84. The molecule has 10 heteroatoms. The first-order chi connectivity index (χ1) is 17.2. The average Bonchev–Trinajstić information content (AvgIpc) is 2.86. The Labute approximate surface area is 216 Å². The van der Waals surface area contributed by atoms with Gasteiger partial charge in [-0.2, -0.15) is 0 Å². The molecule has 0 radical (unpaired) electrons. The van der Waals surface area contributed by atoms with Crippen molar-refractivity contribution in [2.24, 2.45) is 0 Å². The summed E-state index contributed by atoms with van der Waals surface area (Å²) in [5.41, 5.74) is 0.434. The zero-order valence-electron chi connectivity index (χ0n) is 20.7. The Bertz CT molecular complexity index is 1010. The van der Waals surface area contributed by atoms with Crippen LogP contribution < -0.4 is 0 Å². The lowest BCUT2D eigenvalue weighted by molar-refractivity contribution is -0.131. The summed E-state index contributed by atoms with van der Waals surface area (Å²) in [5.74, 6) is -2.95. The number of carbonyl (C=O) groups excluding carboxylic acids is 3. The molecule has 0 saturated carbocycles. The van der Waals surface area contributed by atoms with Crippen molar-refractivity contribution in [2.45, 2.75) is 46.1 Å². The standard InChI is InChI=1S/C11H12O4.C7H6O2.C5H11O.C3H4O2.Al/c1-7(2)15-11(14)9-6-4-3-5-8(9)10(12)13;8-7(9)6-4-2-1-3-5-6;1-2-3-4-5-6;1-2-3(4)5;/h3-7H,1-2H3,(H,12,13);1-5H,(H,8,9);2-5H2,1H3;2H,1H2,(H,4,5);/q;;-1;;+3/p-2. The van der Waals surface area contributed by atoms with Crippen LogP contribution in [0.15, 0.2) is 67.3 Å². The minimum Gasteiger partial charge on any atom is -0.558 e. The van der Waals surface area contributed by atoms with Gasteiger partial charge in [-0.1, -0.05) is 56.7 Å². The van der Waals surface area contributed by atoms with Gasteiger partial charge in [-0.3, -0.25) is 4.79 Å². The minimum absolute atomic E-state index is 0.0387. The fourth-order valence-electron chi connectivity index (χ4n) is 2.62. The van der Waals surface area contributed by atoms with Crippen molar-refractivity contribution < 1.29 is 40.4 Å². The maximum absolute atomic E-state index is 11.9. The van der Waals surface area contributed by atoms with Crippen molar-refractivity contribution in [1.82, 2.24) is 0 Å². The first-order valence-electron chi connectivity index (χ1n) is 11.4. The van der Waals surface area contributed by atoms with Gasteiger partial charge in [-0.05, 0) is 44.5 Å². The van der Waals surface area contributed by atoms with Gasteiger partial charge in [0.05, 0.1) is 22.8 Å². The van der Waals surface area contributed by atoms with E-state index in [2.05, 4.69) is 13.5 Å². The Hall–Kier alpha value is -3.45. The average molecular weight is 515 g/mol. The predicted molar refractivity (Wildman–Crippen MR) is 133 cm³/mol. The van der Waals surface area contributed by atoms with E-state index >= 15 is 0 Å². The van der Waals surface area contributed by atoms with E-state index in [4.69, 9.17) is 21.2 Å². The number of rotatable bonds is 12. The van der Waals surface area contributed by atoms with Gasteiger partial charge in [0.2, 0.25) is 0 Å². The molecule has 2 aromatic carbocycles. The van der Waals surface area contributed by atoms with Crippen LogP contribution in [0.5, 0.6) is 0 Å². The number of hydrogen-bond acceptors (Lipinski definition) is 8. The lowest BCUT2D eigenvalue weighted by Gasteiger charge is -2.12. The summed E-state index contributed by atoms with van der Waals surface area (Å²) >= 11 is -2.85. The van der Waals surface area contributed by atoms with Crippen molar-refractivity contribution in [3.05, 3.63) is 83.9 Å². The Morgan fingerprint density at radius 1 is 0.917 bits per heavy atom. The highest BCUT2D eigenvalue weighted by atomic mass is 27.3. The Kier molecular flexibility index (Phi) is 14.5. The van der Waals surface area contributed by atoms with Crippen LogP contribution in [-0.2, 0) is 20.9 Å². The maximum atomic E-state index is 11.9. The second kappa shape index (κ2) is 17.1. The number of unbranched alkanes of at least 4 members (excludes halogenated alkanes) is 2. The molecule has 0 atom stereocenters. The molecule has 0 heterocycles. The van der Waals surface area contributed by atoms with Crippen LogP contribution in [0.25, 0.3) is 0 Å². The lowest BCUT2D eigenvalue weighted by Crippen LogP contribution is -2.32. The van der Waals surface area contributed by atoms with Crippen molar-refractivity contribution in [2.75, 3.05) is 6.61 Å². The predicted octanol–water partition coefficient (Wildman–Crippen LogP) is 4.71. The normalized spacial score (nSPS) is 9.89. The number of carboxylic acid groups (broad SMARTS) is 1. The summed E-state index contributed by atoms with van der Waals surface area (Å²) in [6.45, 7) is 9.20. The Balaban J connectivity index is 0.000000381. The zero-order chi connectivity index (χ0) is 26.9. The van der Waals surface area contributed by atoms with E-state index in [0.717, 1.165) is 25.3 Å². The minimum atomic E-state index is -2.85. The molecule has 0 bridgehead atoms. The van der Waals surface area contributed by atoms with E-state index in [0.29, 0.717) is 12.2 Å². The molecule has 36 heavy (non-hydrogen) atoms. The molecule has 2 aromatic rings. The number of ether oxygens (including phenoxy) is 1. The van der Waals surface area contributed by atoms with Gasteiger partial charge in [0, 0.05) is 12.7 Å². The molecule has 9 nitrogen and oxygen atoms in total. The quantitative estimate of drug-likeness (QED) is 0.185. The van der Waals surface area contributed by atoms with Gasteiger partial charge in [-0.25, -0.2) is 14.4 Å². The first-order valence-corrected chi connectivity index (χ1v) is 12.8. The third-order valence-electron chi connectivity index (χ3n) is 4.31. The topological polar surface area (TPSA) is 125 Å². The molecule has 1 N–H and O–H groups in total. The maximum Gasteiger partial charge on any atom is 1.10 e. The molecule has 0 aliphatic carbocycles. The zero-order valence-corrected chi connectivity index (χ0v) is 21.8. The van der Waals surface area contributed by atoms with Crippen molar-refractivity contribution >= 4 is 39.0 Å². The van der Waals surface area contributed by atoms with Crippen LogP contribution in [0.2, 0.25) is 0 Å². The van der Waals surface area contributed by atoms with E-state index in [9.17, 15) is 19.2 Å². The van der Waals surface area contributed by atoms with E-state index in [1.807, 2.05) is 0 Å². The number of carbonyl (C=O) groups is 4. The molecular weight excluding hydrogens is 483 g/mol. The molecule has 0 aliphatic rings. The highest BCUT2D eigenvalue weighted by molar-refractivity contribution is 6.42. The largest absolute Gasteiger partial charge is 1.10 e. The van der Waals surface area contributed by atoms with E-state index < -0.39 is 39.0 Å². The Morgan fingerprint density at radius 2 is 1.53 bits per heavy atom. The van der Waals surface area contributed by atoms with E-state index in [1.165, 1.54) is 12.1 Å². The van der Waals surface area contributed by atoms with Crippen LogP contribution in [0, 0.1) is 0 Å². The molecule has 0 aromatic heterocycles. The summed E-state index contributed by atoms with van der Waals surface area (Å²) in [7, 11) is 0. The third-order valence-corrected chi connectivity index (χ3v) is 5.65. The molecular formula is C26H31AlO9. The van der Waals surface area contributed by atoms with E-state index in [-0.39, 0.29) is 17.2 Å². The highest BCUT2D eigenvalue weighted by Crippen LogP contribution is 2.11. The van der Waals surface area contributed by atoms with Crippen LogP contribution in [0.4, 0.5) is 0 Å². The number of benzene rings is 2. The van der Waals surface area contributed by atoms with Crippen LogP contribution in [0.3, 0.4) is 0 Å². The highest BCUT2D eigenvalue weighted by Gasteiger charge is 2.42. The van der Waals surface area contributed by atoms with Crippen LogP contribution >= 0.6 is 0 Å². The number of esters is 1. The van der Waals surface area contributed by atoms with Gasteiger partial charge >= 0.3 is 33.1 Å². The number of carboxylic acids is 1. The Morgan fingerprint density at radius 3 is 2.08 bits per heavy atom. The summed E-state index contributed by atoms with van der Waals surface area (Å²) in [6, 6.07) is 14.5. The SMILES string of the molecule is C=CC(=O)[O][Al]([O]CCCCC)[O]C(=O)c1ccccc1.CC(C)OC(=O)c1ccccc1C(=O)O. The van der Waals surface area contributed by atoms with Gasteiger partial charge in [0.15, 0.2) is 0 Å². The van der Waals surface area contributed by atoms with E-state index in [1.54, 1.807) is 56.3 Å². The second-order valence-corrected chi connectivity index (χ2v) is 8.97. The molecule has 0 aliphatic heterocycles. The molecule has 192 valence electrons. The van der Waals surface area contributed by atoms with Crippen molar-refractivity contribution in [3.8, 4) is 0 Å². The summed E-state index contributed by atoms with van der Waals surface area (Å²) in [6.07, 6.45) is 3.63. The first kappa shape index (κ1) is 30.6. The second-order valence-electron chi connectivity index (χ2n) is 7.58. The molecule has 0 unspecified atom stereocenters. The number of aromatic carboxylic acids is 1. The molecule has 0 amide bonds. The van der Waals surface area contributed by atoms with Gasteiger partial charge in [0.25, 0.3) is 5.97 Å². The fraction of sp³-hybridized carbons (Fsp3) is 0.308. The molecule has 2 rings (SSSR count). The van der Waals surface area contributed by atoms with Crippen LogP contribution in [-0.4, -0.2) is 56.8 Å². The fourth-order valence-corrected chi connectivity index (χ4v) is 3.76. The van der Waals surface area contributed by atoms with Gasteiger partial charge in [-0.15, -0.1) is 0 Å². The molecule has 0 spiro atoms. The van der Waals surface area contributed by atoms with Gasteiger partial charge in [0.1, 0.15) is 0 Å². The lowest BCUT2D eigenvalue weighted by atomic mass is 10.1. The smallest absolute Gasteiger partial charge is 0.558 e. The third kappa shape index (κ3) is 11.8. The van der Waals surface area contributed by atoms with Crippen molar-refractivity contribution in [3.63, 3.8) is 0 Å². The molecule has 0 saturated heterocycles. The summed E-state index contributed by atoms with van der Waals surface area (Å²) in [4.78, 5) is 45.5. The van der Waals surface area contributed by atoms with Gasteiger partial charge < -0.3 is 21.2 Å². The monoisotopic (exact) mass is 514 g/mol. The van der Waals surface area contributed by atoms with Crippen LogP contribution in [0.1, 0.15) is 71.1 Å². The summed E-state index contributed by atoms with van der Waals surface area (Å²) < 4.78 is 20.5. The van der Waals surface area contributed by atoms with Crippen molar-refractivity contribution in [1.29, 1.82) is 0 Å². The number of hydrogen-bond donors (Lipinski definition) is 1. The molecule has 0 fully saturated rings.